The Hall–Kier alpha value is -8.24. The van der Waals surface area contributed by atoms with Crippen molar-refractivity contribution in [1.29, 1.82) is 0 Å². The van der Waals surface area contributed by atoms with Crippen LogP contribution in [-0.4, -0.2) is 9.13 Å². The van der Waals surface area contributed by atoms with E-state index in [1.54, 1.807) is 0 Å². The van der Waals surface area contributed by atoms with Crippen molar-refractivity contribution in [3.05, 3.63) is 243 Å². The molecule has 0 amide bonds. The van der Waals surface area contributed by atoms with Crippen LogP contribution in [0.5, 0.6) is 0 Å². The van der Waals surface area contributed by atoms with E-state index in [0.717, 1.165) is 11.4 Å². The Kier molecular flexibility index (Phi) is 8.75. The van der Waals surface area contributed by atoms with E-state index in [1.807, 2.05) is 11.3 Å². The van der Waals surface area contributed by atoms with Crippen molar-refractivity contribution in [2.45, 2.75) is 0 Å². The van der Waals surface area contributed by atoms with Crippen molar-refractivity contribution in [3.63, 3.8) is 0 Å². The van der Waals surface area contributed by atoms with E-state index in [4.69, 9.17) is 0 Å². The topological polar surface area (TPSA) is 9.86 Å². The first-order valence-electron chi connectivity index (χ1n) is 22.2. The predicted octanol–water partition coefficient (Wildman–Crippen LogP) is 17.4. The fourth-order valence-electron chi connectivity index (χ4n) is 10.1. The molecule has 13 rings (SSSR count). The lowest BCUT2D eigenvalue weighted by Crippen LogP contribution is -1.96. The molecule has 0 aliphatic heterocycles. The first-order valence-corrected chi connectivity index (χ1v) is 23.1. The van der Waals surface area contributed by atoms with Crippen LogP contribution in [0.1, 0.15) is 0 Å². The lowest BCUT2D eigenvalue weighted by Gasteiger charge is -2.13. The Morgan fingerprint density at radius 2 is 0.769 bits per heavy atom. The van der Waals surface area contributed by atoms with Gasteiger partial charge >= 0.3 is 0 Å². The van der Waals surface area contributed by atoms with Crippen molar-refractivity contribution < 1.29 is 0 Å². The minimum Gasteiger partial charge on any atom is -0.316 e. The molecule has 13 aromatic rings. The number of rotatable bonds is 7. The molecular weight excluding hydrogens is 805 g/mol. The van der Waals surface area contributed by atoms with Gasteiger partial charge in [0.1, 0.15) is 0 Å². The van der Waals surface area contributed by atoms with Crippen molar-refractivity contribution in [2.75, 3.05) is 0 Å². The molecule has 0 aliphatic rings. The zero-order valence-electron chi connectivity index (χ0n) is 35.4. The van der Waals surface area contributed by atoms with Crippen LogP contribution in [0.4, 0.5) is 0 Å². The SMILES string of the molecule is c1ccc(-c2ccc(-c3cccc4c3sc3c(-c5ccc(-n6c7ccccc7c7ccc8c(ccn8-c8cc(-c9ccccc9)cc(-c9ccccc9)c8)c76)cc5)cccc34)cc2)cc1. The molecule has 3 heterocycles. The van der Waals surface area contributed by atoms with E-state index in [1.165, 1.54) is 109 Å². The van der Waals surface area contributed by atoms with Gasteiger partial charge in [-0.3, -0.25) is 0 Å². The molecule has 0 saturated heterocycles. The summed E-state index contributed by atoms with van der Waals surface area (Å²) in [5.74, 6) is 0. The number of aromatic nitrogens is 2. The van der Waals surface area contributed by atoms with Crippen LogP contribution in [0.15, 0.2) is 243 Å². The molecule has 10 aromatic carbocycles. The van der Waals surface area contributed by atoms with Gasteiger partial charge in [-0.05, 0) is 104 Å². The van der Waals surface area contributed by atoms with Gasteiger partial charge in [-0.1, -0.05) is 188 Å². The zero-order chi connectivity index (χ0) is 42.8. The summed E-state index contributed by atoms with van der Waals surface area (Å²) >= 11 is 1.90. The first-order chi connectivity index (χ1) is 32.2. The molecule has 0 saturated carbocycles. The van der Waals surface area contributed by atoms with Crippen molar-refractivity contribution in [1.82, 2.24) is 9.13 Å². The van der Waals surface area contributed by atoms with E-state index in [0.29, 0.717) is 0 Å². The summed E-state index contributed by atoms with van der Waals surface area (Å²) in [5, 5.41) is 6.32. The molecule has 0 fully saturated rings. The molecule has 2 nitrogen and oxygen atoms in total. The maximum Gasteiger partial charge on any atom is 0.0635 e. The fraction of sp³-hybridized carbons (Fsp3) is 0. The third-order valence-corrected chi connectivity index (χ3v) is 14.5. The number of nitrogens with zero attached hydrogens (tertiary/aromatic N) is 2. The van der Waals surface area contributed by atoms with Crippen LogP contribution in [-0.2, 0) is 0 Å². The van der Waals surface area contributed by atoms with Crippen molar-refractivity contribution in [3.8, 4) is 67.0 Å². The third kappa shape index (κ3) is 6.24. The van der Waals surface area contributed by atoms with Gasteiger partial charge in [-0.25, -0.2) is 0 Å². The highest BCUT2D eigenvalue weighted by molar-refractivity contribution is 7.26. The highest BCUT2D eigenvalue weighted by atomic mass is 32.1. The summed E-state index contributed by atoms with van der Waals surface area (Å²) in [6.07, 6.45) is 2.24. The molecule has 304 valence electrons. The van der Waals surface area contributed by atoms with Crippen LogP contribution >= 0.6 is 11.3 Å². The smallest absolute Gasteiger partial charge is 0.0635 e. The lowest BCUT2D eigenvalue weighted by molar-refractivity contribution is 1.13. The summed E-state index contributed by atoms with van der Waals surface area (Å²) in [6.45, 7) is 0. The largest absolute Gasteiger partial charge is 0.316 e. The van der Waals surface area contributed by atoms with Gasteiger partial charge < -0.3 is 9.13 Å². The second-order valence-electron chi connectivity index (χ2n) is 16.9. The second-order valence-corrected chi connectivity index (χ2v) is 17.9. The van der Waals surface area contributed by atoms with Crippen LogP contribution in [0.2, 0.25) is 0 Å². The molecule has 0 unspecified atom stereocenters. The minimum absolute atomic E-state index is 1.13. The second kappa shape index (κ2) is 15.2. The highest BCUT2D eigenvalue weighted by Gasteiger charge is 2.19. The highest BCUT2D eigenvalue weighted by Crippen LogP contribution is 2.45. The Labute approximate surface area is 381 Å². The summed E-state index contributed by atoms with van der Waals surface area (Å²) in [5.41, 5.74) is 18.1. The normalized spacial score (nSPS) is 11.7. The monoisotopic (exact) mass is 844 g/mol. The number of para-hydroxylation sites is 1. The third-order valence-electron chi connectivity index (χ3n) is 13.2. The molecule has 0 N–H and O–H groups in total. The molecule has 0 radical (unpaired) electrons. The molecule has 0 aliphatic carbocycles. The molecule has 0 bridgehead atoms. The van der Waals surface area contributed by atoms with Gasteiger partial charge in [0, 0.05) is 53.9 Å². The molecule has 3 aromatic heterocycles. The number of hydrogen-bond acceptors (Lipinski definition) is 1. The Morgan fingerprint density at radius 1 is 0.277 bits per heavy atom. The summed E-state index contributed by atoms with van der Waals surface area (Å²) < 4.78 is 7.46. The van der Waals surface area contributed by atoms with Gasteiger partial charge in [-0.15, -0.1) is 11.3 Å². The minimum atomic E-state index is 1.13. The Morgan fingerprint density at radius 3 is 1.37 bits per heavy atom. The fourth-order valence-corrected chi connectivity index (χ4v) is 11.4. The summed E-state index contributed by atoms with van der Waals surface area (Å²) in [7, 11) is 0. The van der Waals surface area contributed by atoms with E-state index in [-0.39, 0.29) is 0 Å². The van der Waals surface area contributed by atoms with Crippen LogP contribution in [0.25, 0.3) is 120 Å². The van der Waals surface area contributed by atoms with E-state index in [9.17, 15) is 0 Å². The molecule has 65 heavy (non-hydrogen) atoms. The van der Waals surface area contributed by atoms with Gasteiger partial charge in [0.05, 0.1) is 16.6 Å². The number of hydrogen-bond donors (Lipinski definition) is 0. The zero-order valence-corrected chi connectivity index (χ0v) is 36.2. The number of thiophene rings is 1. The van der Waals surface area contributed by atoms with Gasteiger partial charge in [0.15, 0.2) is 0 Å². The van der Waals surface area contributed by atoms with Crippen LogP contribution in [0.3, 0.4) is 0 Å². The average Bonchev–Trinajstić information content (AvgIpc) is 4.10. The summed E-state index contributed by atoms with van der Waals surface area (Å²) in [6, 6.07) is 86.5. The maximum absolute atomic E-state index is 2.46. The standard InChI is InChI=1S/C62H40N2S/c1-4-14-41(15-5-1)44-26-28-45(29-27-44)51-21-12-23-55-56-24-13-22-52(62(56)65-61(51)55)46-30-32-49(33-31-46)64-59-25-11-10-20-53(59)54-34-35-58-57(60(54)64)36-37-63(58)50-39-47(42-16-6-2-7-17-42)38-48(40-50)43-18-8-3-9-19-43/h1-40H. The lowest BCUT2D eigenvalue weighted by atomic mass is 9.98. The number of benzene rings is 10. The van der Waals surface area contributed by atoms with E-state index < -0.39 is 0 Å². The molecule has 0 spiro atoms. The molecule has 0 atom stereocenters. The van der Waals surface area contributed by atoms with Crippen molar-refractivity contribution in [2.24, 2.45) is 0 Å². The van der Waals surface area contributed by atoms with E-state index in [2.05, 4.69) is 252 Å². The predicted molar refractivity (Wildman–Crippen MR) is 278 cm³/mol. The van der Waals surface area contributed by atoms with E-state index >= 15 is 0 Å². The van der Waals surface area contributed by atoms with Crippen LogP contribution in [0, 0.1) is 0 Å². The first kappa shape index (κ1) is 37.3. The quantitative estimate of drug-likeness (QED) is 0.151. The van der Waals surface area contributed by atoms with Crippen molar-refractivity contribution >= 4 is 64.2 Å². The van der Waals surface area contributed by atoms with Gasteiger partial charge in [-0.2, -0.15) is 0 Å². The Bertz CT molecular complexity index is 3840. The molecular formula is C62H40N2S. The average molecular weight is 845 g/mol. The maximum atomic E-state index is 2.46. The Balaban J connectivity index is 0.919. The molecule has 3 heteroatoms. The summed E-state index contributed by atoms with van der Waals surface area (Å²) in [4.78, 5) is 0. The van der Waals surface area contributed by atoms with Crippen LogP contribution < -0.4 is 0 Å². The van der Waals surface area contributed by atoms with Gasteiger partial charge in [0.2, 0.25) is 0 Å². The number of fused-ring (bicyclic) bond motifs is 8. The van der Waals surface area contributed by atoms with Gasteiger partial charge in [0.25, 0.3) is 0 Å².